The molecule has 0 bridgehead atoms. The molecule has 0 radical (unpaired) electrons. The molecule has 12 heavy (non-hydrogen) atoms. The Labute approximate surface area is 75.5 Å². The van der Waals surface area contributed by atoms with Gasteiger partial charge in [-0.25, -0.2) is 0 Å². The Kier molecular flexibility index (Phi) is 1.73. The topological polar surface area (TPSA) is 22.4 Å². The predicted molar refractivity (Wildman–Crippen MR) is 50.0 cm³/mol. The van der Waals surface area contributed by atoms with Crippen molar-refractivity contribution >= 4 is 23.6 Å². The minimum atomic E-state index is 0.606. The van der Waals surface area contributed by atoms with Crippen LogP contribution in [0.5, 0.6) is 5.75 Å². The fourth-order valence-electron chi connectivity index (χ4n) is 1.20. The Morgan fingerprint density at radius 1 is 1.42 bits per heavy atom. The van der Waals surface area contributed by atoms with E-state index in [2.05, 4.69) is 12.6 Å². The molecule has 3 heteroatoms. The molecule has 0 amide bonds. The maximum Gasteiger partial charge on any atom is 0.158 e. The Morgan fingerprint density at radius 2 is 2.25 bits per heavy atom. The van der Waals surface area contributed by atoms with Crippen LogP contribution in [0.15, 0.2) is 33.8 Å². The number of ether oxygens (including phenoxy) is 1. The molecule has 0 aliphatic rings. The fraction of sp³-hybridized carbons (Fsp3) is 0.111. The molecular formula is C9H8O2S. The number of rotatable bonds is 1. The molecule has 2 nitrogen and oxygen atoms in total. The predicted octanol–water partition coefficient (Wildman–Crippen LogP) is 2.73. The molecule has 0 fully saturated rings. The van der Waals surface area contributed by atoms with Crippen LogP contribution in [0.25, 0.3) is 11.0 Å². The monoisotopic (exact) mass is 180 g/mol. The summed E-state index contributed by atoms with van der Waals surface area (Å²) in [5.41, 5.74) is 0.805. The van der Waals surface area contributed by atoms with E-state index in [4.69, 9.17) is 9.15 Å². The maximum absolute atomic E-state index is 5.29. The lowest BCUT2D eigenvalue weighted by molar-refractivity contribution is 0.419. The van der Waals surface area contributed by atoms with Crippen molar-refractivity contribution in [2.24, 2.45) is 0 Å². The van der Waals surface area contributed by atoms with Crippen LogP contribution < -0.4 is 4.74 Å². The Bertz CT molecular complexity index is 406. The van der Waals surface area contributed by atoms with Crippen LogP contribution >= 0.6 is 12.6 Å². The van der Waals surface area contributed by atoms with Gasteiger partial charge in [-0.15, -0.1) is 12.6 Å². The van der Waals surface area contributed by atoms with Gasteiger partial charge < -0.3 is 9.15 Å². The van der Waals surface area contributed by atoms with Crippen LogP contribution in [0.2, 0.25) is 0 Å². The number of hydrogen-bond donors (Lipinski definition) is 1. The van der Waals surface area contributed by atoms with E-state index in [9.17, 15) is 0 Å². The zero-order valence-corrected chi connectivity index (χ0v) is 7.47. The number of fused-ring (bicyclic) bond motifs is 1. The lowest BCUT2D eigenvalue weighted by Crippen LogP contribution is -1.81. The molecule has 0 saturated carbocycles. The molecule has 0 unspecified atom stereocenters. The van der Waals surface area contributed by atoms with Crippen molar-refractivity contribution in [3.8, 4) is 5.75 Å². The third-order valence-electron chi connectivity index (χ3n) is 1.73. The molecule has 0 aliphatic carbocycles. The summed E-state index contributed by atoms with van der Waals surface area (Å²) >= 11 is 4.11. The SMILES string of the molecule is COc1cccc2oc(S)cc12. The zero-order chi connectivity index (χ0) is 8.55. The van der Waals surface area contributed by atoms with Gasteiger partial charge in [0.15, 0.2) is 5.09 Å². The van der Waals surface area contributed by atoms with Gasteiger partial charge in [-0.05, 0) is 12.1 Å². The molecule has 0 aliphatic heterocycles. The molecule has 1 aromatic carbocycles. The van der Waals surface area contributed by atoms with Crippen molar-refractivity contribution in [1.29, 1.82) is 0 Å². The van der Waals surface area contributed by atoms with Gasteiger partial charge in [-0.1, -0.05) is 6.07 Å². The molecule has 0 atom stereocenters. The third kappa shape index (κ3) is 1.06. The summed E-state index contributed by atoms with van der Waals surface area (Å²) in [5.74, 6) is 0.816. The van der Waals surface area contributed by atoms with Crippen LogP contribution in [0.3, 0.4) is 0 Å². The van der Waals surface area contributed by atoms with E-state index in [0.29, 0.717) is 5.09 Å². The van der Waals surface area contributed by atoms with Crippen LogP contribution in [-0.4, -0.2) is 7.11 Å². The second kappa shape index (κ2) is 2.75. The summed E-state index contributed by atoms with van der Waals surface area (Å²) in [6.07, 6.45) is 0. The quantitative estimate of drug-likeness (QED) is 0.682. The molecule has 0 N–H and O–H groups in total. The van der Waals surface area contributed by atoms with Gasteiger partial charge in [0, 0.05) is 6.07 Å². The second-order valence-corrected chi connectivity index (χ2v) is 2.90. The first-order valence-corrected chi connectivity index (χ1v) is 4.01. The lowest BCUT2D eigenvalue weighted by Gasteiger charge is -1.98. The Balaban J connectivity index is 2.78. The van der Waals surface area contributed by atoms with Gasteiger partial charge in [0.2, 0.25) is 0 Å². The second-order valence-electron chi connectivity index (χ2n) is 2.46. The van der Waals surface area contributed by atoms with Crippen molar-refractivity contribution < 1.29 is 9.15 Å². The van der Waals surface area contributed by atoms with Crippen LogP contribution in [0, 0.1) is 0 Å². The third-order valence-corrected chi connectivity index (χ3v) is 1.95. The smallest absolute Gasteiger partial charge is 0.158 e. The van der Waals surface area contributed by atoms with E-state index in [1.165, 1.54) is 0 Å². The summed E-state index contributed by atoms with van der Waals surface area (Å²) in [5, 5.41) is 1.57. The minimum absolute atomic E-state index is 0.606. The number of methoxy groups -OCH3 is 1. The molecule has 1 heterocycles. The van der Waals surface area contributed by atoms with E-state index >= 15 is 0 Å². The van der Waals surface area contributed by atoms with E-state index in [1.54, 1.807) is 7.11 Å². The molecule has 62 valence electrons. The van der Waals surface area contributed by atoms with E-state index in [-0.39, 0.29) is 0 Å². The standard InChI is InChI=1S/C9H8O2S/c1-10-7-3-2-4-8-6(7)5-9(12)11-8/h2-5,12H,1H3. The maximum atomic E-state index is 5.29. The number of hydrogen-bond acceptors (Lipinski definition) is 3. The fourth-order valence-corrected chi connectivity index (χ4v) is 1.43. The molecule has 2 aromatic rings. The van der Waals surface area contributed by atoms with Gasteiger partial charge >= 0.3 is 0 Å². The van der Waals surface area contributed by atoms with E-state index in [0.717, 1.165) is 16.7 Å². The van der Waals surface area contributed by atoms with Crippen molar-refractivity contribution in [2.45, 2.75) is 5.09 Å². The normalized spacial score (nSPS) is 10.5. The number of benzene rings is 1. The molecule has 2 rings (SSSR count). The average Bonchev–Trinajstić information content (AvgIpc) is 2.44. The highest BCUT2D eigenvalue weighted by Gasteiger charge is 2.04. The summed E-state index contributed by atoms with van der Waals surface area (Å²) in [6, 6.07) is 7.51. The zero-order valence-electron chi connectivity index (χ0n) is 6.57. The van der Waals surface area contributed by atoms with Gasteiger partial charge in [-0.3, -0.25) is 0 Å². The van der Waals surface area contributed by atoms with Gasteiger partial charge in [0.25, 0.3) is 0 Å². The Morgan fingerprint density at radius 3 is 3.00 bits per heavy atom. The van der Waals surface area contributed by atoms with Crippen molar-refractivity contribution in [2.75, 3.05) is 7.11 Å². The number of furan rings is 1. The molecular weight excluding hydrogens is 172 g/mol. The molecule has 0 saturated heterocycles. The molecule has 0 spiro atoms. The van der Waals surface area contributed by atoms with Gasteiger partial charge in [0.1, 0.15) is 11.3 Å². The first kappa shape index (κ1) is 7.55. The first-order valence-electron chi connectivity index (χ1n) is 3.57. The van der Waals surface area contributed by atoms with E-state index in [1.807, 2.05) is 24.3 Å². The van der Waals surface area contributed by atoms with Crippen molar-refractivity contribution in [3.63, 3.8) is 0 Å². The summed E-state index contributed by atoms with van der Waals surface area (Å²) < 4.78 is 10.4. The van der Waals surface area contributed by atoms with Crippen LogP contribution in [-0.2, 0) is 0 Å². The van der Waals surface area contributed by atoms with Gasteiger partial charge in [0.05, 0.1) is 12.5 Å². The molecule has 1 aromatic heterocycles. The summed E-state index contributed by atoms with van der Waals surface area (Å²) in [6.45, 7) is 0. The van der Waals surface area contributed by atoms with Crippen LogP contribution in [0.1, 0.15) is 0 Å². The number of thiol groups is 1. The largest absolute Gasteiger partial charge is 0.496 e. The van der Waals surface area contributed by atoms with Crippen molar-refractivity contribution in [1.82, 2.24) is 0 Å². The minimum Gasteiger partial charge on any atom is -0.496 e. The highest BCUT2D eigenvalue weighted by atomic mass is 32.1. The Hall–Kier alpha value is -1.09. The summed E-state index contributed by atoms with van der Waals surface area (Å²) in [4.78, 5) is 0. The van der Waals surface area contributed by atoms with Gasteiger partial charge in [-0.2, -0.15) is 0 Å². The highest BCUT2D eigenvalue weighted by molar-refractivity contribution is 7.80. The summed E-state index contributed by atoms with van der Waals surface area (Å²) in [7, 11) is 1.64. The van der Waals surface area contributed by atoms with Crippen LogP contribution in [0.4, 0.5) is 0 Å². The van der Waals surface area contributed by atoms with E-state index < -0.39 is 0 Å². The lowest BCUT2D eigenvalue weighted by atomic mass is 10.2. The average molecular weight is 180 g/mol. The van der Waals surface area contributed by atoms with Crippen molar-refractivity contribution in [3.05, 3.63) is 24.3 Å². The highest BCUT2D eigenvalue weighted by Crippen LogP contribution is 2.29. The first-order chi connectivity index (χ1) is 5.81.